The van der Waals surface area contributed by atoms with Crippen molar-refractivity contribution in [2.75, 3.05) is 6.61 Å². The molecule has 1 unspecified atom stereocenters. The molecule has 0 N–H and O–H groups in total. The van der Waals surface area contributed by atoms with Gasteiger partial charge < -0.3 is 9.47 Å². The Hall–Kier alpha value is -2.27. The van der Waals surface area contributed by atoms with E-state index in [9.17, 15) is 4.79 Å². The largest absolute Gasteiger partial charge is 0.425 e. The van der Waals surface area contributed by atoms with Gasteiger partial charge in [0.25, 0.3) is 0 Å². The van der Waals surface area contributed by atoms with Crippen LogP contribution in [-0.4, -0.2) is 28.6 Å². The van der Waals surface area contributed by atoms with Gasteiger partial charge in [0.1, 0.15) is 5.75 Å². The molecule has 2 aromatic rings. The van der Waals surface area contributed by atoms with Gasteiger partial charge >= 0.3 is 5.97 Å². The zero-order valence-corrected chi connectivity index (χ0v) is 20.1. The molecule has 0 saturated heterocycles. The second-order valence-corrected chi connectivity index (χ2v) is 8.45. The smallest absolute Gasteiger partial charge is 0.340 e. The minimum atomic E-state index is -0.571. The lowest BCUT2D eigenvalue weighted by molar-refractivity contribution is -0.146. The van der Waals surface area contributed by atoms with Crippen LogP contribution in [0, 0.1) is 0 Å². The van der Waals surface area contributed by atoms with E-state index < -0.39 is 6.10 Å². The van der Waals surface area contributed by atoms with Crippen LogP contribution in [0.4, 0.5) is 0 Å². The Labute approximate surface area is 194 Å². The van der Waals surface area contributed by atoms with Crippen molar-refractivity contribution in [2.24, 2.45) is 0 Å². The molecule has 5 nitrogen and oxygen atoms in total. The molecule has 32 heavy (non-hydrogen) atoms. The predicted molar refractivity (Wildman–Crippen MR) is 130 cm³/mol. The highest BCUT2D eigenvalue weighted by molar-refractivity contribution is 5.77. The van der Waals surface area contributed by atoms with E-state index in [1.807, 2.05) is 24.5 Å². The van der Waals surface area contributed by atoms with Crippen LogP contribution in [0.2, 0.25) is 0 Å². The van der Waals surface area contributed by atoms with Gasteiger partial charge in [-0.15, -0.1) is 0 Å². The Balaban J connectivity index is 1.75. The number of carbonyl (C=O) groups excluding carboxylic acids is 1. The number of carbonyl (C=O) groups is 1. The highest BCUT2D eigenvalue weighted by Gasteiger charge is 2.16. The highest BCUT2D eigenvalue weighted by Crippen LogP contribution is 2.20. The molecule has 0 bridgehead atoms. The Morgan fingerprint density at radius 3 is 2.06 bits per heavy atom. The third-order valence-corrected chi connectivity index (χ3v) is 5.55. The molecule has 0 radical (unpaired) electrons. The molecule has 0 aliphatic rings. The topological polar surface area (TPSA) is 61.3 Å². The number of esters is 1. The van der Waals surface area contributed by atoms with Crippen molar-refractivity contribution in [1.29, 1.82) is 0 Å². The first-order valence-corrected chi connectivity index (χ1v) is 12.4. The lowest BCUT2D eigenvalue weighted by Gasteiger charge is -2.12. The first-order valence-electron chi connectivity index (χ1n) is 12.4. The van der Waals surface area contributed by atoms with Gasteiger partial charge in [0.15, 0.2) is 11.9 Å². The minimum absolute atomic E-state index is 0.370. The third kappa shape index (κ3) is 9.90. The van der Waals surface area contributed by atoms with Crippen molar-refractivity contribution in [1.82, 2.24) is 9.97 Å². The van der Waals surface area contributed by atoms with Gasteiger partial charge in [-0.3, -0.25) is 0 Å². The highest BCUT2D eigenvalue weighted by atomic mass is 16.6. The Morgan fingerprint density at radius 1 is 0.844 bits per heavy atom. The molecule has 0 saturated carbocycles. The Morgan fingerprint density at radius 2 is 1.44 bits per heavy atom. The molecule has 0 aliphatic carbocycles. The second-order valence-electron chi connectivity index (χ2n) is 8.45. The van der Waals surface area contributed by atoms with Crippen molar-refractivity contribution in [3.8, 4) is 17.1 Å². The molecule has 5 heteroatoms. The number of ether oxygens (including phenoxy) is 2. The molecule has 0 aliphatic heterocycles. The number of hydrogen-bond acceptors (Lipinski definition) is 5. The zero-order valence-electron chi connectivity index (χ0n) is 20.1. The number of unbranched alkanes of at least 4 members (excludes halogenated alkanes) is 8. The lowest BCUT2D eigenvalue weighted by Crippen LogP contribution is -2.26. The second kappa shape index (κ2) is 15.5. The van der Waals surface area contributed by atoms with E-state index in [1.54, 1.807) is 19.1 Å². The van der Waals surface area contributed by atoms with Crippen molar-refractivity contribution < 1.29 is 14.3 Å². The molecule has 1 aromatic heterocycles. The lowest BCUT2D eigenvalue weighted by atomic mass is 10.1. The summed E-state index contributed by atoms with van der Waals surface area (Å²) in [6, 6.07) is 7.30. The first kappa shape index (κ1) is 26.0. The fourth-order valence-electron chi connectivity index (χ4n) is 3.47. The first-order chi connectivity index (χ1) is 15.6. The van der Waals surface area contributed by atoms with E-state index in [1.165, 1.54) is 56.9 Å². The molecule has 176 valence electrons. The van der Waals surface area contributed by atoms with Crippen LogP contribution < -0.4 is 4.74 Å². The van der Waals surface area contributed by atoms with Gasteiger partial charge in [0, 0.05) is 24.6 Å². The summed E-state index contributed by atoms with van der Waals surface area (Å²) >= 11 is 0. The number of benzene rings is 1. The van der Waals surface area contributed by atoms with Gasteiger partial charge in [-0.25, -0.2) is 14.8 Å². The van der Waals surface area contributed by atoms with E-state index >= 15 is 0 Å². The summed E-state index contributed by atoms with van der Waals surface area (Å²) < 4.78 is 11.1. The predicted octanol–water partition coefficient (Wildman–Crippen LogP) is 6.94. The summed E-state index contributed by atoms with van der Waals surface area (Å²) in [6.45, 7) is 6.75. The van der Waals surface area contributed by atoms with Crippen LogP contribution in [0.3, 0.4) is 0 Å². The van der Waals surface area contributed by atoms with Crippen molar-refractivity contribution >= 4 is 5.97 Å². The molecule has 1 atom stereocenters. The number of aryl methyl sites for hydroxylation is 1. The average molecular weight is 441 g/mol. The summed E-state index contributed by atoms with van der Waals surface area (Å²) in [5, 5.41) is 0. The SMILES string of the molecule is CCCCCCCOC(C)C(=O)Oc1ccc(-c2ncc(CCCCCCC)cn2)cc1. The van der Waals surface area contributed by atoms with Crippen LogP contribution in [0.5, 0.6) is 5.75 Å². The molecule has 1 aromatic carbocycles. The van der Waals surface area contributed by atoms with Gasteiger partial charge in [0.2, 0.25) is 0 Å². The van der Waals surface area contributed by atoms with Crippen LogP contribution in [0.15, 0.2) is 36.7 Å². The van der Waals surface area contributed by atoms with E-state index in [2.05, 4.69) is 23.8 Å². The van der Waals surface area contributed by atoms with E-state index in [0.717, 1.165) is 24.8 Å². The normalized spacial score (nSPS) is 12.0. The van der Waals surface area contributed by atoms with Crippen LogP contribution in [0.1, 0.15) is 90.5 Å². The van der Waals surface area contributed by atoms with Crippen molar-refractivity contribution in [2.45, 2.75) is 97.5 Å². The molecule has 0 fully saturated rings. The number of nitrogens with zero attached hydrogens (tertiary/aromatic N) is 2. The van der Waals surface area contributed by atoms with Gasteiger partial charge in [0.05, 0.1) is 0 Å². The average Bonchev–Trinajstić information content (AvgIpc) is 2.82. The maximum Gasteiger partial charge on any atom is 0.340 e. The molecule has 0 spiro atoms. The van der Waals surface area contributed by atoms with Gasteiger partial charge in [-0.2, -0.15) is 0 Å². The molecule has 2 rings (SSSR count). The number of rotatable bonds is 16. The number of aromatic nitrogens is 2. The fraction of sp³-hybridized carbons (Fsp3) is 0.593. The fourth-order valence-corrected chi connectivity index (χ4v) is 3.47. The Kier molecular flexibility index (Phi) is 12.6. The molecular formula is C27H40N2O3. The van der Waals surface area contributed by atoms with Crippen LogP contribution in [-0.2, 0) is 16.0 Å². The standard InChI is InChI=1S/C27H40N2O3/c1-4-6-8-10-12-14-23-20-28-26(29-21-23)24-15-17-25(18-16-24)32-27(30)22(3)31-19-13-11-9-7-5-2/h15-18,20-22H,4-14,19H2,1-3H3. The monoisotopic (exact) mass is 440 g/mol. The van der Waals surface area contributed by atoms with Gasteiger partial charge in [-0.05, 0) is 56.0 Å². The summed E-state index contributed by atoms with van der Waals surface area (Å²) in [5.74, 6) is 0.809. The van der Waals surface area contributed by atoms with E-state index in [-0.39, 0.29) is 5.97 Å². The maximum absolute atomic E-state index is 12.2. The summed E-state index contributed by atoms with van der Waals surface area (Å²) in [4.78, 5) is 21.3. The summed E-state index contributed by atoms with van der Waals surface area (Å²) in [7, 11) is 0. The van der Waals surface area contributed by atoms with Crippen LogP contribution >= 0.6 is 0 Å². The van der Waals surface area contributed by atoms with Gasteiger partial charge in [-0.1, -0.05) is 65.2 Å². The van der Waals surface area contributed by atoms with E-state index in [0.29, 0.717) is 18.2 Å². The minimum Gasteiger partial charge on any atom is -0.425 e. The molecular weight excluding hydrogens is 400 g/mol. The third-order valence-electron chi connectivity index (χ3n) is 5.55. The van der Waals surface area contributed by atoms with Crippen molar-refractivity contribution in [3.63, 3.8) is 0 Å². The maximum atomic E-state index is 12.2. The van der Waals surface area contributed by atoms with Crippen molar-refractivity contribution in [3.05, 3.63) is 42.2 Å². The quantitative estimate of drug-likeness (QED) is 0.161. The van der Waals surface area contributed by atoms with E-state index in [4.69, 9.17) is 9.47 Å². The summed E-state index contributed by atoms with van der Waals surface area (Å²) in [6.07, 6.45) is 16.4. The zero-order chi connectivity index (χ0) is 23.0. The molecule has 1 heterocycles. The Bertz CT molecular complexity index is 759. The van der Waals surface area contributed by atoms with Crippen LogP contribution in [0.25, 0.3) is 11.4 Å². The summed E-state index contributed by atoms with van der Waals surface area (Å²) in [5.41, 5.74) is 2.07. The number of hydrogen-bond donors (Lipinski definition) is 0. The molecule has 0 amide bonds.